The second-order valence-electron chi connectivity index (χ2n) is 15.5. The van der Waals surface area contributed by atoms with Crippen LogP contribution in [0.15, 0.2) is 200 Å². The largest absolute Gasteiger partial charge is 0.309 e. The zero-order chi connectivity index (χ0) is 37.9. The van der Waals surface area contributed by atoms with Crippen molar-refractivity contribution in [2.75, 3.05) is 0 Å². The van der Waals surface area contributed by atoms with Crippen molar-refractivity contribution in [3.8, 4) is 28.2 Å². The highest BCUT2D eigenvalue weighted by Crippen LogP contribution is 2.43. The smallest absolute Gasteiger partial charge is 0.0541 e. The Bertz CT molecular complexity index is 3520. The predicted octanol–water partition coefficient (Wildman–Crippen LogP) is 15.0. The van der Waals surface area contributed by atoms with Gasteiger partial charge in [-0.25, -0.2) is 0 Å². The van der Waals surface area contributed by atoms with E-state index in [-0.39, 0.29) is 0 Å². The lowest BCUT2D eigenvalue weighted by molar-refractivity contribution is 1.13. The van der Waals surface area contributed by atoms with E-state index in [2.05, 4.69) is 214 Å². The van der Waals surface area contributed by atoms with Crippen LogP contribution in [-0.2, 0) is 0 Å². The molecule has 0 aliphatic carbocycles. The van der Waals surface area contributed by atoms with Crippen LogP contribution in [0.25, 0.3) is 115 Å². The number of benzene rings is 9. The van der Waals surface area contributed by atoms with E-state index in [0.717, 1.165) is 11.4 Å². The van der Waals surface area contributed by atoms with Crippen molar-refractivity contribution in [3.05, 3.63) is 200 Å². The van der Waals surface area contributed by atoms with Gasteiger partial charge in [0.25, 0.3) is 0 Å². The summed E-state index contributed by atoms with van der Waals surface area (Å²) >= 11 is 0. The Hall–Kier alpha value is -7.32. The molecule has 9 aromatic carbocycles. The number of rotatable bonds is 4. The molecule has 13 aromatic rings. The fourth-order valence-electron chi connectivity index (χ4n) is 9.83. The van der Waals surface area contributed by atoms with Gasteiger partial charge >= 0.3 is 0 Å². The van der Waals surface area contributed by atoms with E-state index < -0.39 is 0 Å². The van der Waals surface area contributed by atoms with Gasteiger partial charge in [0.05, 0.1) is 33.1 Å². The monoisotopic (exact) mass is 755 g/mol. The first-order valence-electron chi connectivity index (χ1n) is 19.9. The number of aromatic nitrogens is 3. The van der Waals surface area contributed by atoms with Crippen molar-refractivity contribution in [3.63, 3.8) is 0 Å². The van der Waals surface area contributed by atoms with Crippen LogP contribution in [0.3, 0.4) is 0 Å². The minimum atomic E-state index is 0.626. The average Bonchev–Trinajstić information content (AvgIpc) is 4.02. The number of hydrogen-bond donors (Lipinski definition) is 0. The minimum absolute atomic E-state index is 0.626. The van der Waals surface area contributed by atoms with Gasteiger partial charge in [0.2, 0.25) is 0 Å². The average molecular weight is 756 g/mol. The molecule has 0 bridgehead atoms. The molecule has 0 saturated heterocycles. The molecule has 1 atom stereocenters. The van der Waals surface area contributed by atoms with Gasteiger partial charge in [0, 0.05) is 49.4 Å². The fourth-order valence-corrected chi connectivity index (χ4v) is 11.1. The molecular weight excluding hydrogens is 722 g/mol. The van der Waals surface area contributed by atoms with Crippen molar-refractivity contribution < 1.29 is 0 Å². The van der Waals surface area contributed by atoms with Crippen molar-refractivity contribution in [1.29, 1.82) is 0 Å². The molecule has 0 aliphatic rings. The predicted molar refractivity (Wildman–Crippen MR) is 249 cm³/mol. The van der Waals surface area contributed by atoms with Crippen LogP contribution in [-0.4, -0.2) is 13.7 Å². The van der Waals surface area contributed by atoms with E-state index in [1.165, 1.54) is 103 Å². The first-order valence-corrected chi connectivity index (χ1v) is 20.9. The van der Waals surface area contributed by atoms with E-state index in [4.69, 9.17) is 0 Å². The third-order valence-corrected chi connectivity index (χ3v) is 13.7. The van der Waals surface area contributed by atoms with Gasteiger partial charge in [-0.3, -0.25) is 0 Å². The Balaban J connectivity index is 1.07. The summed E-state index contributed by atoms with van der Waals surface area (Å²) in [5, 5.41) is 13.1. The van der Waals surface area contributed by atoms with Crippen molar-refractivity contribution in [1.82, 2.24) is 13.7 Å². The van der Waals surface area contributed by atoms with E-state index in [9.17, 15) is 0 Å². The first-order chi connectivity index (χ1) is 28.8. The van der Waals surface area contributed by atoms with Crippen LogP contribution in [0.4, 0.5) is 0 Å². The zero-order valence-corrected chi connectivity index (χ0v) is 32.4. The maximum absolute atomic E-state index is 2.45. The van der Waals surface area contributed by atoms with Gasteiger partial charge in [-0.05, 0) is 117 Å². The van der Waals surface area contributed by atoms with Gasteiger partial charge in [-0.1, -0.05) is 115 Å². The van der Waals surface area contributed by atoms with Crippen LogP contribution in [0.5, 0.6) is 0 Å². The Labute approximate surface area is 335 Å². The molecule has 0 amide bonds. The van der Waals surface area contributed by atoms with Crippen LogP contribution < -0.4 is 0 Å². The fraction of sp³-hybridized carbons (Fsp3) is 0. The molecule has 4 heterocycles. The Morgan fingerprint density at radius 2 is 0.586 bits per heavy atom. The Morgan fingerprint density at radius 3 is 1.00 bits per heavy atom. The molecule has 0 saturated carbocycles. The summed E-state index contributed by atoms with van der Waals surface area (Å²) in [6.07, 6.45) is 0. The Morgan fingerprint density at radius 1 is 0.241 bits per heavy atom. The highest BCUT2D eigenvalue weighted by Gasteiger charge is 2.18. The second kappa shape index (κ2) is 12.1. The van der Waals surface area contributed by atoms with E-state index in [1.54, 1.807) is 0 Å². The summed E-state index contributed by atoms with van der Waals surface area (Å²) in [7, 11) is 0.626. The van der Waals surface area contributed by atoms with Gasteiger partial charge in [-0.2, -0.15) is 0 Å². The molecule has 0 spiro atoms. The van der Waals surface area contributed by atoms with Gasteiger partial charge < -0.3 is 13.7 Å². The molecule has 0 aliphatic heterocycles. The van der Waals surface area contributed by atoms with E-state index in [1.807, 2.05) is 0 Å². The molecule has 4 heteroatoms. The molecule has 0 radical (unpaired) electrons. The number of nitrogens with zero attached hydrogens (tertiary/aromatic N) is 3. The third-order valence-electron chi connectivity index (χ3n) is 12.3. The van der Waals surface area contributed by atoms with Gasteiger partial charge in [-0.15, -0.1) is 8.19 Å². The van der Waals surface area contributed by atoms with E-state index in [0.29, 0.717) is 8.19 Å². The summed E-state index contributed by atoms with van der Waals surface area (Å²) in [4.78, 5) is 0. The van der Waals surface area contributed by atoms with Crippen molar-refractivity contribution >= 4 is 94.6 Å². The lowest BCUT2D eigenvalue weighted by Crippen LogP contribution is -2.00. The molecule has 0 N–H and O–H groups in total. The van der Waals surface area contributed by atoms with Crippen LogP contribution >= 0.6 is 8.19 Å². The molecule has 3 nitrogen and oxygen atoms in total. The summed E-state index contributed by atoms with van der Waals surface area (Å²) in [5.41, 5.74) is 13.2. The standard InChI is InChI=1S/C54H34N3P/c1-7-19-47-39(13-1)40-14-2-8-20-48(40)55(47)36-26-28-54-46(33-36)45-31-34(25-27-53(45)58-54)35-29-37(56-49-21-9-3-15-41(49)42-16-4-10-22-50(42)56)32-38(30-35)57-51-23-11-5-17-43(51)44-18-6-12-24-52(44)57/h1-33,58H. The van der Waals surface area contributed by atoms with Crippen LogP contribution in [0.2, 0.25) is 0 Å². The third kappa shape index (κ3) is 4.51. The van der Waals surface area contributed by atoms with Crippen LogP contribution in [0, 0.1) is 0 Å². The molecule has 0 fully saturated rings. The van der Waals surface area contributed by atoms with Crippen molar-refractivity contribution in [2.45, 2.75) is 0 Å². The lowest BCUT2D eigenvalue weighted by Gasteiger charge is -2.16. The topological polar surface area (TPSA) is 14.8 Å². The normalized spacial score (nSPS) is 12.3. The molecule has 13 rings (SSSR count). The maximum atomic E-state index is 2.45. The van der Waals surface area contributed by atoms with E-state index >= 15 is 0 Å². The zero-order valence-electron chi connectivity index (χ0n) is 31.4. The summed E-state index contributed by atoms with van der Waals surface area (Å²) in [5.74, 6) is 0. The number of hydrogen-bond acceptors (Lipinski definition) is 0. The van der Waals surface area contributed by atoms with Gasteiger partial charge in [0.1, 0.15) is 0 Å². The highest BCUT2D eigenvalue weighted by atomic mass is 31.0. The first kappa shape index (κ1) is 31.8. The molecular formula is C54H34N3P. The number of fused-ring (bicyclic) bond motifs is 12. The molecule has 58 heavy (non-hydrogen) atoms. The lowest BCUT2D eigenvalue weighted by atomic mass is 10.0. The summed E-state index contributed by atoms with van der Waals surface area (Å²) in [6.45, 7) is 0. The maximum Gasteiger partial charge on any atom is 0.0541 e. The molecule has 1 unspecified atom stereocenters. The highest BCUT2D eigenvalue weighted by molar-refractivity contribution is 7.43. The quantitative estimate of drug-likeness (QED) is 0.170. The SMILES string of the molecule is c1ccc2c(c1)c1ccccc1n2-c1cc(-c2ccc3[pH]c4ccc(-n5c6ccccc6c6ccccc65)cc4c3c2)cc(-n2c3ccccc3c3ccccc32)c1. The molecule has 4 aromatic heterocycles. The minimum Gasteiger partial charge on any atom is -0.309 e. The van der Waals surface area contributed by atoms with Gasteiger partial charge in [0.15, 0.2) is 0 Å². The van der Waals surface area contributed by atoms with Crippen molar-refractivity contribution in [2.24, 2.45) is 0 Å². The molecule has 270 valence electrons. The summed E-state index contributed by atoms with van der Waals surface area (Å²) in [6, 6.07) is 74.2. The van der Waals surface area contributed by atoms with Crippen LogP contribution in [0.1, 0.15) is 0 Å². The number of para-hydroxylation sites is 6. The second-order valence-corrected chi connectivity index (χ2v) is 16.8. The summed E-state index contributed by atoms with van der Waals surface area (Å²) < 4.78 is 7.34. The Kier molecular flexibility index (Phi) is 6.64.